The third-order valence-corrected chi connectivity index (χ3v) is 5.17. The second-order valence-electron chi connectivity index (χ2n) is 6.29. The number of primary amides is 1. The van der Waals surface area contributed by atoms with E-state index in [4.69, 9.17) is 10.5 Å². The van der Waals surface area contributed by atoms with Crippen molar-refractivity contribution in [3.8, 4) is 16.2 Å². The Morgan fingerprint density at radius 1 is 1.17 bits per heavy atom. The number of nitrogens with zero attached hydrogens (tertiary/aromatic N) is 1. The first kappa shape index (κ1) is 20.3. The fourth-order valence-corrected chi connectivity index (χ4v) is 3.78. The van der Waals surface area contributed by atoms with Gasteiger partial charge in [-0.15, -0.1) is 11.3 Å². The molecular formula is C21H21N3O4S. The number of pyridine rings is 1. The van der Waals surface area contributed by atoms with Gasteiger partial charge < -0.3 is 20.4 Å². The molecule has 0 saturated carbocycles. The van der Waals surface area contributed by atoms with Gasteiger partial charge in [-0.1, -0.05) is 37.3 Å². The van der Waals surface area contributed by atoms with Gasteiger partial charge in [0.1, 0.15) is 11.5 Å². The average Bonchev–Trinajstić information content (AvgIpc) is 3.13. The topological polar surface area (TPSA) is 103 Å². The molecule has 0 aliphatic rings. The lowest BCUT2D eigenvalue weighted by molar-refractivity contribution is -0.116. The van der Waals surface area contributed by atoms with Gasteiger partial charge in [0, 0.05) is 11.1 Å². The van der Waals surface area contributed by atoms with Crippen LogP contribution in [-0.2, 0) is 11.3 Å². The van der Waals surface area contributed by atoms with Gasteiger partial charge in [-0.2, -0.15) is 0 Å². The molecule has 2 amide bonds. The lowest BCUT2D eigenvalue weighted by Crippen LogP contribution is -2.28. The second-order valence-corrected chi connectivity index (χ2v) is 7.34. The Balaban J connectivity index is 1.80. The van der Waals surface area contributed by atoms with E-state index < -0.39 is 11.8 Å². The van der Waals surface area contributed by atoms with Crippen molar-refractivity contribution in [3.63, 3.8) is 0 Å². The van der Waals surface area contributed by atoms with E-state index in [9.17, 15) is 14.4 Å². The summed E-state index contributed by atoms with van der Waals surface area (Å²) in [5, 5.41) is 3.05. The molecule has 0 saturated heterocycles. The van der Waals surface area contributed by atoms with Crippen LogP contribution in [0.25, 0.3) is 10.4 Å². The third kappa shape index (κ3) is 4.91. The Bertz CT molecular complexity index is 1070. The van der Waals surface area contributed by atoms with Crippen LogP contribution in [0.4, 0.5) is 5.00 Å². The summed E-state index contributed by atoms with van der Waals surface area (Å²) in [5.74, 6) is -0.878. The van der Waals surface area contributed by atoms with Gasteiger partial charge in [-0.3, -0.25) is 14.4 Å². The molecule has 0 atom stereocenters. The Morgan fingerprint density at radius 3 is 2.62 bits per heavy atom. The standard InChI is InChI=1S/C21H21N3O4S/c1-2-11-28-16-9-6-10-24(21(16)27)13-18(25)23-20-15(19(22)26)12-17(29-20)14-7-4-3-5-8-14/h3-10,12H,2,11,13H2,1H3,(H2,22,26)(H,23,25). The molecule has 29 heavy (non-hydrogen) atoms. The van der Waals surface area contributed by atoms with Gasteiger partial charge in [0.25, 0.3) is 11.5 Å². The van der Waals surface area contributed by atoms with E-state index in [2.05, 4.69) is 5.32 Å². The molecule has 0 radical (unpaired) electrons. The van der Waals surface area contributed by atoms with E-state index in [-0.39, 0.29) is 23.4 Å². The number of carbonyl (C=O) groups excluding carboxylic acids is 2. The second kappa shape index (κ2) is 9.20. The van der Waals surface area contributed by atoms with Gasteiger partial charge >= 0.3 is 0 Å². The molecule has 0 unspecified atom stereocenters. The fourth-order valence-electron chi connectivity index (χ4n) is 2.69. The van der Waals surface area contributed by atoms with Crippen molar-refractivity contribution in [1.82, 2.24) is 4.57 Å². The number of anilines is 1. The zero-order chi connectivity index (χ0) is 20.8. The number of aromatic nitrogens is 1. The zero-order valence-electron chi connectivity index (χ0n) is 15.9. The quantitative estimate of drug-likeness (QED) is 0.594. The molecule has 2 aromatic heterocycles. The minimum Gasteiger partial charge on any atom is -0.488 e. The monoisotopic (exact) mass is 411 g/mol. The van der Waals surface area contributed by atoms with E-state index in [1.54, 1.807) is 18.2 Å². The third-order valence-electron chi connectivity index (χ3n) is 4.07. The van der Waals surface area contributed by atoms with Gasteiger partial charge in [0.05, 0.1) is 12.2 Å². The normalized spacial score (nSPS) is 10.5. The highest BCUT2D eigenvalue weighted by Crippen LogP contribution is 2.35. The van der Waals surface area contributed by atoms with Crippen LogP contribution in [0.2, 0.25) is 0 Å². The summed E-state index contributed by atoms with van der Waals surface area (Å²) in [7, 11) is 0. The number of hydrogen-bond donors (Lipinski definition) is 2. The summed E-state index contributed by atoms with van der Waals surface area (Å²) in [6, 6.07) is 14.4. The lowest BCUT2D eigenvalue weighted by atomic mass is 10.1. The van der Waals surface area contributed by atoms with Crippen LogP contribution >= 0.6 is 11.3 Å². The van der Waals surface area contributed by atoms with Gasteiger partial charge in [-0.05, 0) is 30.2 Å². The number of nitrogens with one attached hydrogen (secondary N) is 1. The van der Waals surface area contributed by atoms with E-state index in [1.165, 1.54) is 22.1 Å². The van der Waals surface area contributed by atoms with Crippen LogP contribution in [0, 0.1) is 0 Å². The predicted molar refractivity (Wildman–Crippen MR) is 113 cm³/mol. The number of ether oxygens (including phenoxy) is 1. The highest BCUT2D eigenvalue weighted by molar-refractivity contribution is 7.20. The molecular weight excluding hydrogens is 390 g/mol. The van der Waals surface area contributed by atoms with Crippen LogP contribution in [0.15, 0.2) is 59.5 Å². The largest absolute Gasteiger partial charge is 0.488 e. The fraction of sp³-hybridized carbons (Fsp3) is 0.190. The number of carbonyl (C=O) groups is 2. The summed E-state index contributed by atoms with van der Waals surface area (Å²) < 4.78 is 6.67. The van der Waals surface area contributed by atoms with Crippen molar-refractivity contribution >= 4 is 28.2 Å². The number of benzene rings is 1. The van der Waals surface area contributed by atoms with Crippen LogP contribution < -0.4 is 21.3 Å². The SMILES string of the molecule is CCCOc1cccn(CC(=O)Nc2sc(-c3ccccc3)cc2C(N)=O)c1=O. The Labute approximate surface area is 171 Å². The van der Waals surface area contributed by atoms with Crippen molar-refractivity contribution in [2.75, 3.05) is 11.9 Å². The molecule has 7 nitrogen and oxygen atoms in total. The van der Waals surface area contributed by atoms with E-state index in [1.807, 2.05) is 37.3 Å². The van der Waals surface area contributed by atoms with Gasteiger partial charge in [-0.25, -0.2) is 0 Å². The van der Waals surface area contributed by atoms with E-state index in [0.29, 0.717) is 11.6 Å². The summed E-state index contributed by atoms with van der Waals surface area (Å²) in [6.45, 7) is 2.15. The van der Waals surface area contributed by atoms with Crippen molar-refractivity contribution in [2.45, 2.75) is 19.9 Å². The van der Waals surface area contributed by atoms with Crippen molar-refractivity contribution < 1.29 is 14.3 Å². The number of amides is 2. The van der Waals surface area contributed by atoms with Crippen LogP contribution in [0.1, 0.15) is 23.7 Å². The van der Waals surface area contributed by atoms with Crippen LogP contribution in [-0.4, -0.2) is 23.0 Å². The molecule has 0 bridgehead atoms. The Morgan fingerprint density at radius 2 is 1.93 bits per heavy atom. The van der Waals surface area contributed by atoms with Gasteiger partial charge in [0.2, 0.25) is 5.91 Å². The number of thiophene rings is 1. The minimum atomic E-state index is -0.633. The number of hydrogen-bond acceptors (Lipinski definition) is 5. The van der Waals surface area contributed by atoms with Gasteiger partial charge in [0.15, 0.2) is 5.75 Å². The number of nitrogens with two attached hydrogens (primary N) is 1. The molecule has 3 aromatic rings. The van der Waals surface area contributed by atoms with Crippen molar-refractivity contribution in [1.29, 1.82) is 0 Å². The Hall–Kier alpha value is -3.39. The molecule has 0 fully saturated rings. The first-order valence-corrected chi connectivity index (χ1v) is 9.92. The first-order valence-electron chi connectivity index (χ1n) is 9.10. The van der Waals surface area contributed by atoms with Crippen LogP contribution in [0.3, 0.4) is 0 Å². The predicted octanol–water partition coefficient (Wildman–Crippen LogP) is 3.10. The summed E-state index contributed by atoms with van der Waals surface area (Å²) in [4.78, 5) is 37.6. The van der Waals surface area contributed by atoms with Crippen LogP contribution in [0.5, 0.6) is 5.75 Å². The van der Waals surface area contributed by atoms with E-state index >= 15 is 0 Å². The molecule has 0 aliphatic carbocycles. The van der Waals surface area contributed by atoms with Crippen molar-refractivity contribution in [3.05, 3.63) is 70.6 Å². The molecule has 0 spiro atoms. The molecule has 3 N–H and O–H groups in total. The highest BCUT2D eigenvalue weighted by atomic mass is 32.1. The van der Waals surface area contributed by atoms with Crippen molar-refractivity contribution in [2.24, 2.45) is 5.73 Å². The molecule has 1 aromatic carbocycles. The maximum Gasteiger partial charge on any atom is 0.293 e. The lowest BCUT2D eigenvalue weighted by Gasteiger charge is -2.09. The minimum absolute atomic E-state index is 0.197. The maximum absolute atomic E-state index is 12.5. The molecule has 150 valence electrons. The smallest absolute Gasteiger partial charge is 0.293 e. The highest BCUT2D eigenvalue weighted by Gasteiger charge is 2.17. The first-order chi connectivity index (χ1) is 14.0. The molecule has 2 heterocycles. The Kier molecular flexibility index (Phi) is 6.46. The zero-order valence-corrected chi connectivity index (χ0v) is 16.7. The molecule has 3 rings (SSSR count). The average molecular weight is 411 g/mol. The summed E-state index contributed by atoms with van der Waals surface area (Å²) in [6.07, 6.45) is 2.28. The van der Waals surface area contributed by atoms with E-state index in [0.717, 1.165) is 16.9 Å². The molecule has 0 aliphatic heterocycles. The number of rotatable bonds is 8. The maximum atomic E-state index is 12.5. The summed E-state index contributed by atoms with van der Waals surface area (Å²) in [5.41, 5.74) is 6.23. The summed E-state index contributed by atoms with van der Waals surface area (Å²) >= 11 is 1.25. The molecule has 8 heteroatoms.